The van der Waals surface area contributed by atoms with Crippen LogP contribution in [-0.4, -0.2) is 17.7 Å². The maximum atomic E-state index is 14.1. The minimum atomic E-state index is -0.846. The standard InChI is InChI=1S/C24H14ClFN4O3/c25-20-21(24(33)30(23(20)32)19-8-4-2-6-17(19)26)28-16-11-9-14(10-12-16)22(31)29-18-7-3-1-5-15(18)13-27/h1-12,28H,(H,29,31). The van der Waals surface area contributed by atoms with Crippen LogP contribution in [0.4, 0.5) is 21.5 Å². The molecule has 1 aliphatic rings. The molecule has 3 aromatic carbocycles. The summed E-state index contributed by atoms with van der Waals surface area (Å²) < 4.78 is 14.1. The van der Waals surface area contributed by atoms with Crippen molar-refractivity contribution in [3.8, 4) is 6.07 Å². The van der Waals surface area contributed by atoms with Crippen molar-refractivity contribution >= 4 is 46.4 Å². The fourth-order valence-corrected chi connectivity index (χ4v) is 3.41. The molecule has 2 N–H and O–H groups in total. The Balaban J connectivity index is 1.50. The number of halogens is 2. The van der Waals surface area contributed by atoms with Crippen LogP contribution in [0.5, 0.6) is 0 Å². The van der Waals surface area contributed by atoms with Crippen molar-refractivity contribution in [1.29, 1.82) is 5.26 Å². The molecule has 3 aromatic rings. The van der Waals surface area contributed by atoms with Gasteiger partial charge in [-0.2, -0.15) is 5.26 Å². The van der Waals surface area contributed by atoms with E-state index in [9.17, 15) is 18.8 Å². The van der Waals surface area contributed by atoms with Gasteiger partial charge in [0.2, 0.25) is 0 Å². The van der Waals surface area contributed by atoms with Crippen LogP contribution in [0.15, 0.2) is 83.5 Å². The second-order valence-electron chi connectivity index (χ2n) is 6.90. The van der Waals surface area contributed by atoms with Crippen LogP contribution >= 0.6 is 11.6 Å². The highest BCUT2D eigenvalue weighted by atomic mass is 35.5. The molecule has 1 heterocycles. The number of hydrogen-bond donors (Lipinski definition) is 2. The van der Waals surface area contributed by atoms with Crippen molar-refractivity contribution in [2.24, 2.45) is 0 Å². The Morgan fingerprint density at radius 3 is 2.30 bits per heavy atom. The molecule has 7 nitrogen and oxygen atoms in total. The molecule has 0 aliphatic carbocycles. The first-order valence-electron chi connectivity index (χ1n) is 9.61. The zero-order valence-corrected chi connectivity index (χ0v) is 17.6. The second kappa shape index (κ2) is 8.94. The molecule has 0 fully saturated rings. The molecule has 1 aliphatic heterocycles. The van der Waals surface area contributed by atoms with Gasteiger partial charge in [0.15, 0.2) is 0 Å². The van der Waals surface area contributed by atoms with E-state index in [4.69, 9.17) is 16.9 Å². The Morgan fingerprint density at radius 1 is 0.939 bits per heavy atom. The van der Waals surface area contributed by atoms with E-state index in [0.29, 0.717) is 27.4 Å². The fraction of sp³-hybridized carbons (Fsp3) is 0. The Labute approximate surface area is 192 Å². The van der Waals surface area contributed by atoms with E-state index in [1.807, 2.05) is 6.07 Å². The number of nitriles is 1. The molecule has 0 spiro atoms. The zero-order valence-electron chi connectivity index (χ0n) is 16.8. The van der Waals surface area contributed by atoms with E-state index in [-0.39, 0.29) is 16.4 Å². The lowest BCUT2D eigenvalue weighted by Gasteiger charge is -2.15. The van der Waals surface area contributed by atoms with Crippen molar-refractivity contribution in [2.75, 3.05) is 15.5 Å². The molecule has 0 bridgehead atoms. The van der Waals surface area contributed by atoms with Crippen LogP contribution in [0.3, 0.4) is 0 Å². The van der Waals surface area contributed by atoms with Crippen LogP contribution in [0, 0.1) is 17.1 Å². The minimum Gasteiger partial charge on any atom is -0.350 e. The summed E-state index contributed by atoms with van der Waals surface area (Å²) in [6, 6.07) is 20.0. The van der Waals surface area contributed by atoms with Crippen molar-refractivity contribution < 1.29 is 18.8 Å². The number of nitrogens with one attached hydrogen (secondary N) is 2. The highest BCUT2D eigenvalue weighted by Gasteiger charge is 2.40. The third-order valence-corrected chi connectivity index (χ3v) is 5.18. The molecular formula is C24H14ClFN4O3. The van der Waals surface area contributed by atoms with Gasteiger partial charge in [-0.3, -0.25) is 14.4 Å². The highest BCUT2D eigenvalue weighted by molar-refractivity contribution is 6.53. The third-order valence-electron chi connectivity index (χ3n) is 4.83. The van der Waals surface area contributed by atoms with Gasteiger partial charge >= 0.3 is 0 Å². The first-order valence-corrected chi connectivity index (χ1v) is 9.99. The van der Waals surface area contributed by atoms with Crippen molar-refractivity contribution in [3.05, 3.63) is 100 Å². The summed E-state index contributed by atoms with van der Waals surface area (Å²) in [5.41, 5.74) is 0.989. The predicted octanol–water partition coefficient (Wildman–Crippen LogP) is 4.39. The van der Waals surface area contributed by atoms with Crippen LogP contribution in [0.1, 0.15) is 15.9 Å². The van der Waals surface area contributed by atoms with E-state index in [1.54, 1.807) is 24.3 Å². The minimum absolute atomic E-state index is 0.202. The number of imide groups is 1. The first-order chi connectivity index (χ1) is 15.9. The zero-order chi connectivity index (χ0) is 23.5. The average Bonchev–Trinajstić information content (AvgIpc) is 3.03. The third kappa shape index (κ3) is 4.18. The molecule has 0 saturated heterocycles. The molecule has 0 saturated carbocycles. The molecular weight excluding hydrogens is 447 g/mol. The molecule has 4 rings (SSSR count). The lowest BCUT2D eigenvalue weighted by atomic mass is 10.1. The van der Waals surface area contributed by atoms with E-state index in [1.165, 1.54) is 42.5 Å². The van der Waals surface area contributed by atoms with Crippen LogP contribution in [-0.2, 0) is 9.59 Å². The SMILES string of the molecule is N#Cc1ccccc1NC(=O)c1ccc(NC2=C(Cl)C(=O)N(c3ccccc3F)C2=O)cc1. The van der Waals surface area contributed by atoms with Crippen LogP contribution in [0.25, 0.3) is 0 Å². The topological polar surface area (TPSA) is 102 Å². The van der Waals surface area contributed by atoms with E-state index in [2.05, 4.69) is 10.6 Å². The molecule has 162 valence electrons. The maximum absolute atomic E-state index is 14.1. The van der Waals surface area contributed by atoms with Crippen molar-refractivity contribution in [1.82, 2.24) is 0 Å². The first kappa shape index (κ1) is 21.7. The van der Waals surface area contributed by atoms with Gasteiger partial charge in [-0.15, -0.1) is 0 Å². The molecule has 3 amide bonds. The van der Waals surface area contributed by atoms with E-state index in [0.717, 1.165) is 6.07 Å². The number of carbonyl (C=O) groups is 3. The summed E-state index contributed by atoms with van der Waals surface area (Å²) in [7, 11) is 0. The van der Waals surface area contributed by atoms with Gasteiger partial charge < -0.3 is 10.6 Å². The summed E-state index contributed by atoms with van der Waals surface area (Å²) in [4.78, 5) is 38.4. The molecule has 0 radical (unpaired) electrons. The number of anilines is 3. The lowest BCUT2D eigenvalue weighted by Crippen LogP contribution is -2.33. The molecule has 9 heteroatoms. The molecule has 33 heavy (non-hydrogen) atoms. The number of para-hydroxylation sites is 2. The highest BCUT2D eigenvalue weighted by Crippen LogP contribution is 2.31. The van der Waals surface area contributed by atoms with Gasteiger partial charge in [-0.25, -0.2) is 9.29 Å². The van der Waals surface area contributed by atoms with Gasteiger partial charge in [0.05, 0.1) is 16.9 Å². The number of hydrogen-bond acceptors (Lipinski definition) is 5. The van der Waals surface area contributed by atoms with Crippen molar-refractivity contribution in [2.45, 2.75) is 0 Å². The van der Waals surface area contributed by atoms with Gasteiger partial charge in [0.1, 0.15) is 22.6 Å². The van der Waals surface area contributed by atoms with Gasteiger partial charge in [0.25, 0.3) is 17.7 Å². The largest absolute Gasteiger partial charge is 0.350 e. The second-order valence-corrected chi connectivity index (χ2v) is 7.28. The number of carbonyl (C=O) groups excluding carboxylic acids is 3. The summed E-state index contributed by atoms with van der Waals surface area (Å²) in [5, 5.41) is 14.2. The van der Waals surface area contributed by atoms with Crippen LogP contribution in [0.2, 0.25) is 0 Å². The fourth-order valence-electron chi connectivity index (χ4n) is 3.20. The predicted molar refractivity (Wildman–Crippen MR) is 121 cm³/mol. The molecule has 0 aromatic heterocycles. The van der Waals surface area contributed by atoms with E-state index < -0.39 is 23.5 Å². The van der Waals surface area contributed by atoms with Gasteiger partial charge in [0, 0.05) is 11.3 Å². The summed E-state index contributed by atoms with van der Waals surface area (Å²) >= 11 is 6.06. The Kier molecular flexibility index (Phi) is 5.89. The van der Waals surface area contributed by atoms with Crippen molar-refractivity contribution in [3.63, 3.8) is 0 Å². The summed E-state index contributed by atoms with van der Waals surface area (Å²) in [6.45, 7) is 0. The number of amides is 3. The smallest absolute Gasteiger partial charge is 0.283 e. The lowest BCUT2D eigenvalue weighted by molar-refractivity contribution is -0.120. The van der Waals surface area contributed by atoms with E-state index >= 15 is 0 Å². The summed E-state index contributed by atoms with van der Waals surface area (Å²) in [5.74, 6) is -2.82. The Bertz CT molecular complexity index is 1360. The summed E-state index contributed by atoms with van der Waals surface area (Å²) in [6.07, 6.45) is 0. The monoisotopic (exact) mass is 460 g/mol. The number of benzene rings is 3. The molecule has 0 unspecified atom stereocenters. The average molecular weight is 461 g/mol. The Hall–Kier alpha value is -4.48. The van der Waals surface area contributed by atoms with Gasteiger partial charge in [-0.1, -0.05) is 35.9 Å². The van der Waals surface area contributed by atoms with Crippen LogP contribution < -0.4 is 15.5 Å². The quantitative estimate of drug-likeness (QED) is 0.550. The maximum Gasteiger partial charge on any atom is 0.283 e. The van der Waals surface area contributed by atoms with Gasteiger partial charge in [-0.05, 0) is 48.5 Å². The Morgan fingerprint density at radius 2 is 1.61 bits per heavy atom. The number of nitrogens with zero attached hydrogens (tertiary/aromatic N) is 2. The molecule has 0 atom stereocenters. The normalized spacial score (nSPS) is 13.2. The number of rotatable bonds is 5.